The molecule has 0 amide bonds. The number of hydrogen-bond donors (Lipinski definition) is 3. The molecule has 0 radical (unpaired) electrons. The van der Waals surface area contributed by atoms with Crippen LogP contribution in [-0.4, -0.2) is 69.2 Å². The molecule has 0 bridgehead atoms. The van der Waals surface area contributed by atoms with E-state index >= 15 is 0 Å². The summed E-state index contributed by atoms with van der Waals surface area (Å²) < 4.78 is 23.8. The van der Waals surface area contributed by atoms with Crippen molar-refractivity contribution >= 4 is 10.0 Å². The third-order valence-electron chi connectivity index (χ3n) is 1.85. The van der Waals surface area contributed by atoms with E-state index < -0.39 is 10.0 Å². The first-order chi connectivity index (χ1) is 6.99. The van der Waals surface area contributed by atoms with Gasteiger partial charge in [0, 0.05) is 19.6 Å². The second-order valence-corrected chi connectivity index (χ2v) is 5.14. The van der Waals surface area contributed by atoms with Gasteiger partial charge in [-0.3, -0.25) is 4.90 Å². The van der Waals surface area contributed by atoms with E-state index in [-0.39, 0.29) is 13.2 Å². The average Bonchev–Trinajstić information content (AvgIpc) is 2.11. The number of hydrogen-bond acceptors (Lipinski definition) is 5. The Bertz CT molecular complexity index is 237. The van der Waals surface area contributed by atoms with E-state index in [1.807, 2.05) is 4.90 Å². The van der Waals surface area contributed by atoms with Crippen LogP contribution in [0.5, 0.6) is 0 Å². The highest BCUT2D eigenvalue weighted by Gasteiger charge is 2.04. The van der Waals surface area contributed by atoms with Crippen molar-refractivity contribution in [3.63, 3.8) is 0 Å². The molecule has 6 nitrogen and oxygen atoms in total. The minimum Gasteiger partial charge on any atom is -0.395 e. The van der Waals surface area contributed by atoms with Gasteiger partial charge >= 0.3 is 0 Å². The van der Waals surface area contributed by atoms with Crippen molar-refractivity contribution in [3.05, 3.63) is 0 Å². The molecule has 0 atom stereocenters. The molecule has 0 aliphatic carbocycles. The van der Waals surface area contributed by atoms with Crippen molar-refractivity contribution in [2.45, 2.75) is 6.42 Å². The van der Waals surface area contributed by atoms with Crippen LogP contribution in [0.4, 0.5) is 0 Å². The molecule has 0 saturated carbocycles. The Balaban J connectivity index is 3.61. The molecular weight excluding hydrogens is 220 g/mol. The van der Waals surface area contributed by atoms with Crippen LogP contribution in [0.2, 0.25) is 0 Å². The summed E-state index contributed by atoms with van der Waals surface area (Å²) in [6.07, 6.45) is 1.78. The molecule has 0 aromatic heterocycles. The number of sulfonamides is 1. The first-order valence-corrected chi connectivity index (χ1v) is 6.77. The van der Waals surface area contributed by atoms with Crippen LogP contribution in [0, 0.1) is 0 Å². The van der Waals surface area contributed by atoms with Crippen LogP contribution in [0.15, 0.2) is 0 Å². The van der Waals surface area contributed by atoms with Crippen molar-refractivity contribution < 1.29 is 18.6 Å². The summed E-state index contributed by atoms with van der Waals surface area (Å²) in [5, 5.41) is 17.4. The molecular formula is C8H20N2O4S. The monoisotopic (exact) mass is 240 g/mol. The number of nitrogens with zero attached hydrogens (tertiary/aromatic N) is 1. The maximum atomic E-state index is 10.7. The Kier molecular flexibility index (Phi) is 7.89. The topological polar surface area (TPSA) is 89.9 Å². The van der Waals surface area contributed by atoms with Gasteiger partial charge in [-0.2, -0.15) is 0 Å². The minimum absolute atomic E-state index is 0.0412. The Morgan fingerprint density at radius 2 is 1.67 bits per heavy atom. The van der Waals surface area contributed by atoms with E-state index in [0.717, 1.165) is 6.26 Å². The van der Waals surface area contributed by atoms with E-state index in [2.05, 4.69) is 4.72 Å². The largest absolute Gasteiger partial charge is 0.395 e. The maximum absolute atomic E-state index is 10.7. The fourth-order valence-electron chi connectivity index (χ4n) is 1.18. The van der Waals surface area contributed by atoms with E-state index in [9.17, 15) is 8.42 Å². The van der Waals surface area contributed by atoms with Crippen LogP contribution < -0.4 is 4.72 Å². The lowest BCUT2D eigenvalue weighted by Gasteiger charge is -2.19. The predicted octanol–water partition coefficient (Wildman–Crippen LogP) is -1.79. The summed E-state index contributed by atoms with van der Waals surface area (Å²) >= 11 is 0. The van der Waals surface area contributed by atoms with Gasteiger partial charge in [0.1, 0.15) is 0 Å². The normalized spacial score (nSPS) is 12.3. The molecule has 0 heterocycles. The van der Waals surface area contributed by atoms with Crippen LogP contribution in [-0.2, 0) is 10.0 Å². The first-order valence-electron chi connectivity index (χ1n) is 4.88. The molecule has 0 rings (SSSR count). The van der Waals surface area contributed by atoms with Gasteiger partial charge in [0.2, 0.25) is 10.0 Å². The Labute approximate surface area is 91.0 Å². The molecule has 0 aromatic rings. The molecule has 0 unspecified atom stereocenters. The van der Waals surface area contributed by atoms with Gasteiger partial charge in [-0.1, -0.05) is 0 Å². The molecule has 0 fully saturated rings. The Morgan fingerprint density at radius 3 is 2.07 bits per heavy atom. The van der Waals surface area contributed by atoms with Gasteiger partial charge in [0.25, 0.3) is 0 Å². The van der Waals surface area contributed by atoms with E-state index in [1.54, 1.807) is 0 Å². The van der Waals surface area contributed by atoms with Gasteiger partial charge in [-0.15, -0.1) is 0 Å². The second-order valence-electron chi connectivity index (χ2n) is 3.31. The van der Waals surface area contributed by atoms with Crippen molar-refractivity contribution in [2.24, 2.45) is 0 Å². The van der Waals surface area contributed by atoms with Crippen molar-refractivity contribution in [2.75, 3.05) is 45.6 Å². The third kappa shape index (κ3) is 10.1. The summed E-state index contributed by atoms with van der Waals surface area (Å²) in [4.78, 5) is 1.88. The predicted molar refractivity (Wildman–Crippen MR) is 58.1 cm³/mol. The molecule has 0 saturated heterocycles. The quantitative estimate of drug-likeness (QED) is 0.414. The highest BCUT2D eigenvalue weighted by Crippen LogP contribution is 1.90. The summed E-state index contributed by atoms with van der Waals surface area (Å²) in [6, 6.07) is 0. The lowest BCUT2D eigenvalue weighted by atomic mass is 10.3. The first kappa shape index (κ1) is 14.8. The highest BCUT2D eigenvalue weighted by atomic mass is 32.2. The van der Waals surface area contributed by atoms with Crippen molar-refractivity contribution in [1.29, 1.82) is 0 Å². The van der Waals surface area contributed by atoms with Crippen LogP contribution >= 0.6 is 0 Å². The Hall–Kier alpha value is -0.210. The van der Waals surface area contributed by atoms with Crippen LogP contribution in [0.3, 0.4) is 0 Å². The number of aliphatic hydroxyl groups is 2. The molecule has 92 valence electrons. The standard InChI is InChI=1S/C8H20N2O4S/c1-15(13,14)9-3-2-4-10(5-7-11)6-8-12/h9,11-12H,2-8H2,1H3. The zero-order valence-electron chi connectivity index (χ0n) is 9.02. The maximum Gasteiger partial charge on any atom is 0.208 e. The third-order valence-corrected chi connectivity index (χ3v) is 2.58. The minimum atomic E-state index is -3.11. The lowest BCUT2D eigenvalue weighted by molar-refractivity contribution is 0.160. The van der Waals surface area contributed by atoms with Crippen molar-refractivity contribution in [1.82, 2.24) is 9.62 Å². The van der Waals surface area contributed by atoms with Gasteiger partial charge in [0.05, 0.1) is 19.5 Å². The SMILES string of the molecule is CS(=O)(=O)NCCCN(CCO)CCO. The van der Waals surface area contributed by atoms with Crippen LogP contribution in [0.1, 0.15) is 6.42 Å². The second kappa shape index (κ2) is 8.00. The smallest absolute Gasteiger partial charge is 0.208 e. The van der Waals surface area contributed by atoms with Gasteiger partial charge in [-0.05, 0) is 13.0 Å². The molecule has 7 heteroatoms. The molecule has 0 spiro atoms. The van der Waals surface area contributed by atoms with Crippen LogP contribution in [0.25, 0.3) is 0 Å². The molecule has 0 aromatic carbocycles. The number of aliphatic hydroxyl groups excluding tert-OH is 2. The summed E-state index contributed by atoms with van der Waals surface area (Å²) in [5.74, 6) is 0. The lowest BCUT2D eigenvalue weighted by Crippen LogP contribution is -2.33. The fraction of sp³-hybridized carbons (Fsp3) is 1.00. The summed E-state index contributed by atoms with van der Waals surface area (Å²) in [6.45, 7) is 2.12. The van der Waals surface area contributed by atoms with E-state index in [4.69, 9.17) is 10.2 Å². The molecule has 0 aliphatic rings. The summed E-state index contributed by atoms with van der Waals surface area (Å²) in [5.41, 5.74) is 0. The highest BCUT2D eigenvalue weighted by molar-refractivity contribution is 7.88. The number of rotatable bonds is 9. The Morgan fingerprint density at radius 1 is 1.13 bits per heavy atom. The van der Waals surface area contributed by atoms with Gasteiger partial charge in [0.15, 0.2) is 0 Å². The average molecular weight is 240 g/mol. The van der Waals surface area contributed by atoms with E-state index in [1.165, 1.54) is 0 Å². The zero-order chi connectivity index (χ0) is 11.7. The summed E-state index contributed by atoms with van der Waals surface area (Å²) in [7, 11) is -3.11. The molecule has 0 aliphatic heterocycles. The van der Waals surface area contributed by atoms with Gasteiger partial charge < -0.3 is 10.2 Å². The van der Waals surface area contributed by atoms with Gasteiger partial charge in [-0.25, -0.2) is 13.1 Å². The molecule has 3 N–H and O–H groups in total. The van der Waals surface area contributed by atoms with E-state index in [0.29, 0.717) is 32.6 Å². The zero-order valence-corrected chi connectivity index (χ0v) is 9.83. The molecule has 15 heavy (non-hydrogen) atoms. The fourth-order valence-corrected chi connectivity index (χ4v) is 1.69. The van der Waals surface area contributed by atoms with Crippen molar-refractivity contribution in [3.8, 4) is 0 Å². The number of nitrogens with one attached hydrogen (secondary N) is 1.